The van der Waals surface area contributed by atoms with Gasteiger partial charge in [-0.25, -0.2) is 0 Å². The number of carbonyl (C=O) groups is 1. The van der Waals surface area contributed by atoms with E-state index in [1.807, 2.05) is 13.8 Å². The van der Waals surface area contributed by atoms with Gasteiger partial charge in [0.2, 0.25) is 0 Å². The maximum absolute atomic E-state index is 11.5. The van der Waals surface area contributed by atoms with Crippen molar-refractivity contribution in [3.8, 4) is 0 Å². The van der Waals surface area contributed by atoms with E-state index in [9.17, 15) is 4.79 Å². The van der Waals surface area contributed by atoms with Crippen molar-refractivity contribution in [2.45, 2.75) is 26.3 Å². The molecule has 72 valence electrons. The Morgan fingerprint density at radius 1 is 1.62 bits per heavy atom. The molecule has 2 N–H and O–H groups in total. The molecule has 0 aliphatic carbocycles. The van der Waals surface area contributed by atoms with Gasteiger partial charge in [-0.3, -0.25) is 4.79 Å². The lowest BCUT2D eigenvalue weighted by Gasteiger charge is -2.12. The molecule has 0 spiro atoms. The minimum absolute atomic E-state index is 0.0949. The van der Waals surface area contributed by atoms with Crippen LogP contribution < -0.4 is 5.73 Å². The predicted octanol–water partition coefficient (Wildman–Crippen LogP) is 1.37. The zero-order valence-electron chi connectivity index (χ0n) is 7.99. The first-order chi connectivity index (χ1) is 6.11. The molecule has 1 aromatic rings. The van der Waals surface area contributed by atoms with E-state index in [1.165, 1.54) is 0 Å². The number of furan rings is 1. The van der Waals surface area contributed by atoms with E-state index in [1.54, 1.807) is 18.4 Å². The van der Waals surface area contributed by atoms with Crippen LogP contribution in [-0.4, -0.2) is 11.8 Å². The molecule has 0 bridgehead atoms. The summed E-state index contributed by atoms with van der Waals surface area (Å²) in [6.45, 7) is 3.68. The SMILES string of the molecule is CC(N)C(C)C(=O)Cc1ccco1. The molecule has 1 rings (SSSR count). The quantitative estimate of drug-likeness (QED) is 0.763. The van der Waals surface area contributed by atoms with Gasteiger partial charge in [0.1, 0.15) is 11.5 Å². The molecule has 1 aromatic heterocycles. The van der Waals surface area contributed by atoms with Gasteiger partial charge >= 0.3 is 0 Å². The molecule has 2 atom stereocenters. The Balaban J connectivity index is 2.51. The maximum atomic E-state index is 11.5. The fourth-order valence-electron chi connectivity index (χ4n) is 1.04. The van der Waals surface area contributed by atoms with Crippen LogP contribution >= 0.6 is 0 Å². The molecule has 0 saturated carbocycles. The lowest BCUT2D eigenvalue weighted by molar-refractivity contribution is -0.122. The van der Waals surface area contributed by atoms with Crippen molar-refractivity contribution in [1.29, 1.82) is 0 Å². The van der Waals surface area contributed by atoms with E-state index in [2.05, 4.69) is 0 Å². The molecule has 2 unspecified atom stereocenters. The minimum Gasteiger partial charge on any atom is -0.469 e. The van der Waals surface area contributed by atoms with E-state index in [4.69, 9.17) is 10.2 Å². The highest BCUT2D eigenvalue weighted by molar-refractivity contribution is 5.83. The van der Waals surface area contributed by atoms with Crippen molar-refractivity contribution in [2.24, 2.45) is 11.7 Å². The molecule has 13 heavy (non-hydrogen) atoms. The Morgan fingerprint density at radius 3 is 2.77 bits per heavy atom. The normalized spacial score (nSPS) is 15.3. The van der Waals surface area contributed by atoms with E-state index >= 15 is 0 Å². The minimum atomic E-state index is -0.106. The van der Waals surface area contributed by atoms with Crippen LogP contribution in [0.1, 0.15) is 19.6 Å². The van der Waals surface area contributed by atoms with E-state index < -0.39 is 0 Å². The van der Waals surface area contributed by atoms with Crippen molar-refractivity contribution < 1.29 is 9.21 Å². The smallest absolute Gasteiger partial charge is 0.144 e. The first kappa shape index (κ1) is 9.99. The molecular formula is C10H15NO2. The Hall–Kier alpha value is -1.09. The molecule has 0 aromatic carbocycles. The van der Waals surface area contributed by atoms with Gasteiger partial charge < -0.3 is 10.2 Å². The summed E-state index contributed by atoms with van der Waals surface area (Å²) < 4.78 is 5.07. The van der Waals surface area contributed by atoms with Gasteiger partial charge in [0, 0.05) is 12.0 Å². The molecule has 0 radical (unpaired) electrons. The number of hydrogen-bond acceptors (Lipinski definition) is 3. The summed E-state index contributed by atoms with van der Waals surface area (Å²) in [5.74, 6) is 0.729. The first-order valence-electron chi connectivity index (χ1n) is 4.42. The van der Waals surface area contributed by atoms with Gasteiger partial charge in [0.05, 0.1) is 12.7 Å². The van der Waals surface area contributed by atoms with Crippen LogP contribution in [0.5, 0.6) is 0 Å². The van der Waals surface area contributed by atoms with Gasteiger partial charge in [0.15, 0.2) is 0 Å². The highest BCUT2D eigenvalue weighted by Gasteiger charge is 2.17. The molecule has 0 aliphatic rings. The van der Waals surface area contributed by atoms with Crippen molar-refractivity contribution in [3.05, 3.63) is 24.2 Å². The Morgan fingerprint density at radius 2 is 2.31 bits per heavy atom. The number of carbonyl (C=O) groups excluding carboxylic acids is 1. The van der Waals surface area contributed by atoms with Gasteiger partial charge in [-0.15, -0.1) is 0 Å². The summed E-state index contributed by atoms with van der Waals surface area (Å²) in [7, 11) is 0. The number of ketones is 1. The van der Waals surface area contributed by atoms with Crippen LogP contribution in [0.4, 0.5) is 0 Å². The monoisotopic (exact) mass is 181 g/mol. The summed E-state index contributed by atoms with van der Waals surface area (Å²) in [4.78, 5) is 11.5. The third-order valence-corrected chi connectivity index (χ3v) is 2.23. The average Bonchev–Trinajstić information content (AvgIpc) is 2.55. The number of rotatable bonds is 4. The highest BCUT2D eigenvalue weighted by atomic mass is 16.3. The lowest BCUT2D eigenvalue weighted by Crippen LogP contribution is -2.31. The fraction of sp³-hybridized carbons (Fsp3) is 0.500. The average molecular weight is 181 g/mol. The molecule has 0 saturated heterocycles. The molecule has 0 amide bonds. The van der Waals surface area contributed by atoms with Gasteiger partial charge in [-0.05, 0) is 19.1 Å². The fourth-order valence-corrected chi connectivity index (χ4v) is 1.04. The van der Waals surface area contributed by atoms with E-state index in [0.29, 0.717) is 12.2 Å². The summed E-state index contributed by atoms with van der Waals surface area (Å²) in [6.07, 6.45) is 1.91. The van der Waals surface area contributed by atoms with Crippen LogP contribution in [0.2, 0.25) is 0 Å². The van der Waals surface area contributed by atoms with Crippen LogP contribution in [0.15, 0.2) is 22.8 Å². The van der Waals surface area contributed by atoms with Crippen LogP contribution in [0.3, 0.4) is 0 Å². The van der Waals surface area contributed by atoms with Crippen LogP contribution in [0, 0.1) is 5.92 Å². The van der Waals surface area contributed by atoms with Crippen LogP contribution in [0.25, 0.3) is 0 Å². The molecule has 0 aliphatic heterocycles. The van der Waals surface area contributed by atoms with Crippen LogP contribution in [-0.2, 0) is 11.2 Å². The van der Waals surface area contributed by atoms with Gasteiger partial charge in [0.25, 0.3) is 0 Å². The zero-order chi connectivity index (χ0) is 9.84. The summed E-state index contributed by atoms with van der Waals surface area (Å²) in [5.41, 5.74) is 5.61. The molecule has 0 fully saturated rings. The van der Waals surface area contributed by atoms with E-state index in [0.717, 1.165) is 0 Å². The topological polar surface area (TPSA) is 56.2 Å². The van der Waals surface area contributed by atoms with Gasteiger partial charge in [-0.2, -0.15) is 0 Å². The number of nitrogens with two attached hydrogens (primary N) is 1. The summed E-state index contributed by atoms with van der Waals surface area (Å²) in [6, 6.07) is 3.48. The number of hydrogen-bond donors (Lipinski definition) is 1. The molecular weight excluding hydrogens is 166 g/mol. The maximum Gasteiger partial charge on any atom is 0.144 e. The summed E-state index contributed by atoms with van der Waals surface area (Å²) >= 11 is 0. The first-order valence-corrected chi connectivity index (χ1v) is 4.42. The van der Waals surface area contributed by atoms with Crippen molar-refractivity contribution in [3.63, 3.8) is 0 Å². The number of Topliss-reactive ketones (excluding diaryl/α,β-unsaturated/α-hetero) is 1. The standard InChI is InChI=1S/C10H15NO2/c1-7(8(2)11)10(12)6-9-4-3-5-13-9/h3-5,7-8H,6,11H2,1-2H3. The highest BCUT2D eigenvalue weighted by Crippen LogP contribution is 2.08. The Labute approximate surface area is 77.9 Å². The van der Waals surface area contributed by atoms with Crippen molar-refractivity contribution >= 4 is 5.78 Å². The third-order valence-electron chi connectivity index (χ3n) is 2.23. The largest absolute Gasteiger partial charge is 0.469 e. The third kappa shape index (κ3) is 2.70. The van der Waals surface area contributed by atoms with Crippen molar-refractivity contribution in [1.82, 2.24) is 0 Å². The second kappa shape index (κ2) is 4.23. The van der Waals surface area contributed by atoms with Crippen molar-refractivity contribution in [2.75, 3.05) is 0 Å². The zero-order valence-corrected chi connectivity index (χ0v) is 7.99. The molecule has 3 nitrogen and oxygen atoms in total. The summed E-state index contributed by atoms with van der Waals surface area (Å²) in [5, 5.41) is 0. The van der Waals surface area contributed by atoms with Gasteiger partial charge in [-0.1, -0.05) is 6.92 Å². The van der Waals surface area contributed by atoms with E-state index in [-0.39, 0.29) is 17.7 Å². The predicted molar refractivity (Wildman–Crippen MR) is 50.2 cm³/mol. The second-order valence-electron chi connectivity index (χ2n) is 3.37. The lowest BCUT2D eigenvalue weighted by atomic mass is 9.96. The Bertz CT molecular complexity index is 264. The molecule has 3 heteroatoms. The molecule has 1 heterocycles. The Kier molecular flexibility index (Phi) is 3.25. The second-order valence-corrected chi connectivity index (χ2v) is 3.37.